The maximum absolute atomic E-state index is 11.9. The zero-order chi connectivity index (χ0) is 12.8. The molecule has 2 N–H and O–H groups in total. The molecule has 0 unspecified atom stereocenters. The highest BCUT2D eigenvalue weighted by Gasteiger charge is 2.33. The normalized spacial score (nSPS) is 22.6. The topological polar surface area (TPSA) is 49.3 Å². The first-order valence-electron chi connectivity index (χ1n) is 7.30. The van der Waals surface area contributed by atoms with E-state index < -0.39 is 0 Å². The number of hydrogen-bond donors (Lipinski definition) is 2. The maximum atomic E-state index is 11.9. The molecule has 0 spiro atoms. The van der Waals surface area contributed by atoms with Gasteiger partial charge in [-0.05, 0) is 38.5 Å². The Bertz CT molecular complexity index is 316. The van der Waals surface area contributed by atoms with Crippen LogP contribution in [0.5, 0.6) is 0 Å². The molecule has 1 saturated carbocycles. The predicted octanol–water partition coefficient (Wildman–Crippen LogP) is 2.55. The molecule has 3 heteroatoms. The lowest BCUT2D eigenvalue weighted by molar-refractivity contribution is -0.121. The SMILES string of the molecule is O=C(CC1=CCCCC1)NCC1(CO)CCCC1. The van der Waals surface area contributed by atoms with Gasteiger partial charge in [0, 0.05) is 18.4 Å². The highest BCUT2D eigenvalue weighted by Crippen LogP contribution is 2.36. The first-order valence-corrected chi connectivity index (χ1v) is 7.30. The van der Waals surface area contributed by atoms with Gasteiger partial charge in [-0.3, -0.25) is 4.79 Å². The van der Waals surface area contributed by atoms with Crippen molar-refractivity contribution in [3.05, 3.63) is 11.6 Å². The third-order valence-corrected chi connectivity index (χ3v) is 4.43. The van der Waals surface area contributed by atoms with Crippen LogP contribution in [0.4, 0.5) is 0 Å². The van der Waals surface area contributed by atoms with Crippen molar-refractivity contribution in [2.24, 2.45) is 5.41 Å². The first kappa shape index (κ1) is 13.6. The Morgan fingerprint density at radius 3 is 2.67 bits per heavy atom. The minimum Gasteiger partial charge on any atom is -0.396 e. The average Bonchev–Trinajstić information content (AvgIpc) is 2.87. The van der Waals surface area contributed by atoms with Crippen LogP contribution in [0, 0.1) is 5.41 Å². The second-order valence-electron chi connectivity index (χ2n) is 5.93. The molecule has 18 heavy (non-hydrogen) atoms. The summed E-state index contributed by atoms with van der Waals surface area (Å²) in [6, 6.07) is 0. The van der Waals surface area contributed by atoms with E-state index in [4.69, 9.17) is 0 Å². The number of carbonyl (C=O) groups excluding carboxylic acids is 1. The minimum absolute atomic E-state index is 0.0311. The lowest BCUT2D eigenvalue weighted by Gasteiger charge is -2.26. The zero-order valence-corrected chi connectivity index (χ0v) is 11.2. The first-order chi connectivity index (χ1) is 8.74. The lowest BCUT2D eigenvalue weighted by atomic mass is 9.87. The van der Waals surface area contributed by atoms with Crippen LogP contribution in [0.15, 0.2) is 11.6 Å². The second kappa shape index (κ2) is 6.37. The van der Waals surface area contributed by atoms with Crippen LogP contribution in [-0.4, -0.2) is 24.2 Å². The second-order valence-corrected chi connectivity index (χ2v) is 5.93. The quantitative estimate of drug-likeness (QED) is 0.738. The van der Waals surface area contributed by atoms with Gasteiger partial charge in [0.15, 0.2) is 0 Å². The molecule has 2 rings (SSSR count). The van der Waals surface area contributed by atoms with Crippen molar-refractivity contribution in [2.45, 2.75) is 57.8 Å². The average molecular weight is 251 g/mol. The van der Waals surface area contributed by atoms with Crippen molar-refractivity contribution in [3.63, 3.8) is 0 Å². The highest BCUT2D eigenvalue weighted by molar-refractivity contribution is 5.78. The molecule has 0 aliphatic heterocycles. The maximum Gasteiger partial charge on any atom is 0.224 e. The molecule has 0 aromatic heterocycles. The van der Waals surface area contributed by atoms with Gasteiger partial charge in [-0.1, -0.05) is 24.5 Å². The van der Waals surface area contributed by atoms with Gasteiger partial charge in [0.1, 0.15) is 0 Å². The Kier molecular flexibility index (Phi) is 4.81. The minimum atomic E-state index is -0.0311. The van der Waals surface area contributed by atoms with E-state index in [0.29, 0.717) is 13.0 Å². The smallest absolute Gasteiger partial charge is 0.224 e. The molecule has 2 aliphatic rings. The summed E-state index contributed by atoms with van der Waals surface area (Å²) in [5.74, 6) is 0.128. The van der Waals surface area contributed by atoms with Crippen LogP contribution >= 0.6 is 0 Å². The van der Waals surface area contributed by atoms with Crippen molar-refractivity contribution >= 4 is 5.91 Å². The number of hydrogen-bond acceptors (Lipinski definition) is 2. The van der Waals surface area contributed by atoms with E-state index in [1.54, 1.807) is 0 Å². The summed E-state index contributed by atoms with van der Waals surface area (Å²) >= 11 is 0. The fourth-order valence-electron chi connectivity index (χ4n) is 3.14. The number of aliphatic hydroxyl groups is 1. The Labute approximate surface area is 110 Å². The fraction of sp³-hybridized carbons (Fsp3) is 0.800. The number of carbonyl (C=O) groups is 1. The summed E-state index contributed by atoms with van der Waals surface area (Å²) in [5.41, 5.74) is 1.26. The molecule has 0 saturated heterocycles. The van der Waals surface area contributed by atoms with Crippen LogP contribution in [0.25, 0.3) is 0 Å². The molecule has 0 bridgehead atoms. The molecular formula is C15H25NO2. The predicted molar refractivity (Wildman–Crippen MR) is 72.2 cm³/mol. The summed E-state index contributed by atoms with van der Waals surface area (Å²) in [6.45, 7) is 0.853. The molecule has 2 aliphatic carbocycles. The third kappa shape index (κ3) is 3.58. The summed E-state index contributed by atoms with van der Waals surface area (Å²) in [4.78, 5) is 11.9. The van der Waals surface area contributed by atoms with Crippen LogP contribution < -0.4 is 5.32 Å². The molecule has 0 heterocycles. The van der Waals surface area contributed by atoms with Gasteiger partial charge in [0.2, 0.25) is 5.91 Å². The third-order valence-electron chi connectivity index (χ3n) is 4.43. The van der Waals surface area contributed by atoms with Crippen LogP contribution in [0.2, 0.25) is 0 Å². The van der Waals surface area contributed by atoms with E-state index in [1.807, 2.05) is 0 Å². The number of nitrogens with one attached hydrogen (secondary N) is 1. The van der Waals surface area contributed by atoms with Gasteiger partial charge in [0.05, 0.1) is 6.61 Å². The lowest BCUT2D eigenvalue weighted by Crippen LogP contribution is -2.38. The number of allylic oxidation sites excluding steroid dienone is 1. The van der Waals surface area contributed by atoms with Gasteiger partial charge in [0.25, 0.3) is 0 Å². The van der Waals surface area contributed by atoms with Crippen molar-refractivity contribution in [3.8, 4) is 0 Å². The molecule has 0 atom stereocenters. The van der Waals surface area contributed by atoms with Crippen molar-refractivity contribution in [1.82, 2.24) is 5.32 Å². The molecule has 1 fully saturated rings. The molecule has 0 aromatic rings. The summed E-state index contributed by atoms with van der Waals surface area (Å²) in [5, 5.41) is 12.5. The zero-order valence-electron chi connectivity index (χ0n) is 11.2. The standard InChI is InChI=1S/C15H25NO2/c17-12-15(8-4-5-9-15)11-16-14(18)10-13-6-2-1-3-7-13/h6,17H,1-5,7-12H2,(H,16,18). The Morgan fingerprint density at radius 1 is 1.28 bits per heavy atom. The molecule has 3 nitrogen and oxygen atoms in total. The van der Waals surface area contributed by atoms with Gasteiger partial charge < -0.3 is 10.4 Å². The number of aliphatic hydroxyl groups excluding tert-OH is 1. The highest BCUT2D eigenvalue weighted by atomic mass is 16.3. The van der Waals surface area contributed by atoms with E-state index in [1.165, 1.54) is 31.3 Å². The Hall–Kier alpha value is -0.830. The Balaban J connectivity index is 1.75. The van der Waals surface area contributed by atoms with E-state index in [-0.39, 0.29) is 17.9 Å². The van der Waals surface area contributed by atoms with Gasteiger partial charge >= 0.3 is 0 Å². The Morgan fingerprint density at radius 2 is 2.06 bits per heavy atom. The van der Waals surface area contributed by atoms with E-state index in [2.05, 4.69) is 11.4 Å². The van der Waals surface area contributed by atoms with Crippen molar-refractivity contribution < 1.29 is 9.90 Å². The van der Waals surface area contributed by atoms with E-state index >= 15 is 0 Å². The molecule has 0 aromatic carbocycles. The molecule has 102 valence electrons. The van der Waals surface area contributed by atoms with Crippen LogP contribution in [0.1, 0.15) is 57.8 Å². The van der Waals surface area contributed by atoms with E-state index in [9.17, 15) is 9.90 Å². The van der Waals surface area contributed by atoms with E-state index in [0.717, 1.165) is 25.7 Å². The van der Waals surface area contributed by atoms with Gasteiger partial charge in [-0.25, -0.2) is 0 Å². The number of rotatable bonds is 5. The number of amides is 1. The van der Waals surface area contributed by atoms with Crippen LogP contribution in [-0.2, 0) is 4.79 Å². The monoisotopic (exact) mass is 251 g/mol. The summed E-state index contributed by atoms with van der Waals surface area (Å²) in [7, 11) is 0. The van der Waals surface area contributed by atoms with Gasteiger partial charge in [-0.15, -0.1) is 0 Å². The fourth-order valence-corrected chi connectivity index (χ4v) is 3.14. The van der Waals surface area contributed by atoms with Crippen LogP contribution in [0.3, 0.4) is 0 Å². The van der Waals surface area contributed by atoms with Crippen molar-refractivity contribution in [1.29, 1.82) is 0 Å². The van der Waals surface area contributed by atoms with Gasteiger partial charge in [-0.2, -0.15) is 0 Å². The molecule has 1 amide bonds. The molecule has 0 radical (unpaired) electrons. The van der Waals surface area contributed by atoms with Crippen molar-refractivity contribution in [2.75, 3.05) is 13.2 Å². The summed E-state index contributed by atoms with van der Waals surface area (Å²) in [6.07, 6.45) is 11.9. The largest absolute Gasteiger partial charge is 0.396 e. The molecular weight excluding hydrogens is 226 g/mol. The summed E-state index contributed by atoms with van der Waals surface area (Å²) < 4.78 is 0.